The average Bonchev–Trinajstić information content (AvgIpc) is 2.51. The van der Waals surface area contributed by atoms with Crippen LogP contribution in [0.4, 0.5) is 0 Å². The summed E-state index contributed by atoms with van der Waals surface area (Å²) in [5, 5.41) is 0. The van der Waals surface area contributed by atoms with Gasteiger partial charge in [-0.2, -0.15) is 0 Å². The molecule has 1 unspecified atom stereocenters. The van der Waals surface area contributed by atoms with Crippen LogP contribution in [0.5, 0.6) is 0 Å². The second-order valence-corrected chi connectivity index (χ2v) is 3.62. The van der Waals surface area contributed by atoms with Crippen molar-refractivity contribution in [3.8, 4) is 0 Å². The van der Waals surface area contributed by atoms with Gasteiger partial charge in [0.1, 0.15) is 0 Å². The van der Waals surface area contributed by atoms with Crippen LogP contribution in [-0.2, 0) is 14.3 Å². The van der Waals surface area contributed by atoms with Crippen molar-refractivity contribution in [2.45, 2.75) is 32.1 Å². The zero-order valence-electron chi connectivity index (χ0n) is 8.78. The molecule has 0 radical (unpaired) electrons. The molecule has 0 amide bonds. The fourth-order valence-electron chi connectivity index (χ4n) is 1.46. The van der Waals surface area contributed by atoms with Gasteiger partial charge in [-0.1, -0.05) is 18.2 Å². The molecular weight excluding hydrogens is 192 g/mol. The van der Waals surface area contributed by atoms with Crippen LogP contribution < -0.4 is 0 Å². The van der Waals surface area contributed by atoms with Crippen LogP contribution in [0.2, 0.25) is 0 Å². The zero-order chi connectivity index (χ0) is 11.1. The number of hydrogen-bond acceptors (Lipinski definition) is 3. The molecule has 1 rings (SSSR count). The van der Waals surface area contributed by atoms with Gasteiger partial charge < -0.3 is 4.74 Å². The Hall–Kier alpha value is -1.38. The third kappa shape index (κ3) is 4.11. The quantitative estimate of drug-likeness (QED) is 0.291. The van der Waals surface area contributed by atoms with Crippen molar-refractivity contribution in [3.05, 3.63) is 24.8 Å². The van der Waals surface area contributed by atoms with Crippen LogP contribution in [0.1, 0.15) is 32.1 Å². The first-order chi connectivity index (χ1) is 7.24. The van der Waals surface area contributed by atoms with Crippen LogP contribution in [0.15, 0.2) is 24.8 Å². The zero-order valence-corrected chi connectivity index (χ0v) is 8.78. The van der Waals surface area contributed by atoms with Crippen molar-refractivity contribution < 1.29 is 14.3 Å². The molecule has 0 aromatic heterocycles. The van der Waals surface area contributed by atoms with Gasteiger partial charge in [0.25, 0.3) is 0 Å². The number of ether oxygens (including phenoxy) is 1. The highest BCUT2D eigenvalue weighted by molar-refractivity contribution is 5.94. The molecule has 0 N–H and O–H groups in total. The predicted molar refractivity (Wildman–Crippen MR) is 57.0 cm³/mol. The lowest BCUT2D eigenvalue weighted by Crippen LogP contribution is -2.05. The summed E-state index contributed by atoms with van der Waals surface area (Å²) in [5.74, 6) is -1.03. The Bertz CT molecular complexity index is 279. The minimum Gasteiger partial charge on any atom is -0.393 e. The highest BCUT2D eigenvalue weighted by Crippen LogP contribution is 2.19. The van der Waals surface area contributed by atoms with Crippen LogP contribution in [-0.4, -0.2) is 11.9 Å². The van der Waals surface area contributed by atoms with E-state index in [2.05, 4.69) is 11.3 Å². The lowest BCUT2D eigenvalue weighted by Gasteiger charge is -1.97. The second-order valence-electron chi connectivity index (χ2n) is 3.62. The van der Waals surface area contributed by atoms with Crippen LogP contribution in [0.25, 0.3) is 0 Å². The van der Waals surface area contributed by atoms with Crippen molar-refractivity contribution in [1.29, 1.82) is 0 Å². The number of esters is 2. The minimum absolute atomic E-state index is 0.232. The Morgan fingerprint density at radius 1 is 1.33 bits per heavy atom. The molecule has 0 spiro atoms. The first kappa shape index (κ1) is 11.7. The van der Waals surface area contributed by atoms with E-state index < -0.39 is 5.97 Å². The van der Waals surface area contributed by atoms with E-state index in [0.717, 1.165) is 19.3 Å². The smallest absolute Gasteiger partial charge is 0.317 e. The van der Waals surface area contributed by atoms with Gasteiger partial charge in [0.15, 0.2) is 0 Å². The Kier molecular flexibility index (Phi) is 4.81. The molecule has 1 aliphatic heterocycles. The van der Waals surface area contributed by atoms with Crippen LogP contribution in [0, 0.1) is 5.92 Å². The molecule has 0 aliphatic carbocycles. The summed E-state index contributed by atoms with van der Waals surface area (Å²) in [5.41, 5.74) is 0. The van der Waals surface area contributed by atoms with E-state index >= 15 is 0 Å². The Morgan fingerprint density at radius 2 is 2.13 bits per heavy atom. The monoisotopic (exact) mass is 208 g/mol. The van der Waals surface area contributed by atoms with Gasteiger partial charge in [0.2, 0.25) is 0 Å². The largest absolute Gasteiger partial charge is 0.393 e. The summed E-state index contributed by atoms with van der Waals surface area (Å²) in [7, 11) is 0. The van der Waals surface area contributed by atoms with Gasteiger partial charge >= 0.3 is 11.9 Å². The van der Waals surface area contributed by atoms with Crippen molar-refractivity contribution in [2.24, 2.45) is 5.92 Å². The highest BCUT2D eigenvalue weighted by atomic mass is 16.6. The Morgan fingerprint density at radius 3 is 2.73 bits per heavy atom. The molecule has 0 bridgehead atoms. The van der Waals surface area contributed by atoms with Crippen LogP contribution >= 0.6 is 0 Å². The van der Waals surface area contributed by atoms with Crippen molar-refractivity contribution >= 4 is 11.9 Å². The van der Waals surface area contributed by atoms with Gasteiger partial charge in [-0.25, -0.2) is 0 Å². The first-order valence-corrected chi connectivity index (χ1v) is 5.24. The summed E-state index contributed by atoms with van der Waals surface area (Å²) >= 11 is 0. The third-order valence-electron chi connectivity index (χ3n) is 2.33. The number of hydrogen-bond donors (Lipinski definition) is 0. The molecule has 15 heavy (non-hydrogen) atoms. The summed E-state index contributed by atoms with van der Waals surface area (Å²) in [6.45, 7) is 3.64. The molecule has 1 heterocycles. The molecule has 1 aliphatic rings. The summed E-state index contributed by atoms with van der Waals surface area (Å²) in [4.78, 5) is 21.8. The van der Waals surface area contributed by atoms with Gasteiger partial charge in [-0.3, -0.25) is 9.59 Å². The second kappa shape index (κ2) is 6.17. The van der Waals surface area contributed by atoms with Crippen molar-refractivity contribution in [3.63, 3.8) is 0 Å². The Balaban J connectivity index is 2.16. The maximum atomic E-state index is 11.1. The number of allylic oxidation sites excluding steroid dienone is 3. The lowest BCUT2D eigenvalue weighted by molar-refractivity contribution is -0.153. The number of rotatable bonds is 6. The number of carbonyl (C=O) groups excluding carboxylic acids is 2. The van der Waals surface area contributed by atoms with E-state index in [1.807, 2.05) is 18.2 Å². The average molecular weight is 208 g/mol. The Labute approximate surface area is 89.8 Å². The molecule has 0 aromatic rings. The normalized spacial score (nSPS) is 20.9. The molecule has 1 fully saturated rings. The SMILES string of the molecule is C=CCCC/C=C/CC1CC(=O)OC1=O. The van der Waals surface area contributed by atoms with E-state index in [1.165, 1.54) is 0 Å². The topological polar surface area (TPSA) is 43.4 Å². The van der Waals surface area contributed by atoms with Crippen molar-refractivity contribution in [2.75, 3.05) is 0 Å². The molecule has 3 heteroatoms. The van der Waals surface area contributed by atoms with Gasteiger partial charge in [-0.05, 0) is 25.7 Å². The predicted octanol–water partition coefficient (Wildman–Crippen LogP) is 2.38. The summed E-state index contributed by atoms with van der Waals surface area (Å²) < 4.78 is 4.44. The molecule has 1 atom stereocenters. The first-order valence-electron chi connectivity index (χ1n) is 5.24. The van der Waals surface area contributed by atoms with Gasteiger partial charge in [0.05, 0.1) is 12.3 Å². The van der Waals surface area contributed by atoms with E-state index in [4.69, 9.17) is 0 Å². The number of carbonyl (C=O) groups is 2. The maximum Gasteiger partial charge on any atom is 0.317 e. The van der Waals surface area contributed by atoms with E-state index in [-0.39, 0.29) is 18.3 Å². The maximum absolute atomic E-state index is 11.1. The molecule has 0 aromatic carbocycles. The molecule has 1 saturated heterocycles. The fourth-order valence-corrected chi connectivity index (χ4v) is 1.46. The molecule has 3 nitrogen and oxygen atoms in total. The molecule has 82 valence electrons. The van der Waals surface area contributed by atoms with Gasteiger partial charge in [0, 0.05) is 0 Å². The fraction of sp³-hybridized carbons (Fsp3) is 0.500. The van der Waals surface area contributed by atoms with E-state index in [9.17, 15) is 9.59 Å². The lowest BCUT2D eigenvalue weighted by atomic mass is 10.0. The van der Waals surface area contributed by atoms with Crippen LogP contribution in [0.3, 0.4) is 0 Å². The number of cyclic esters (lactones) is 2. The van der Waals surface area contributed by atoms with Gasteiger partial charge in [-0.15, -0.1) is 6.58 Å². The number of unbranched alkanes of at least 4 members (excludes halogenated alkanes) is 2. The standard InChI is InChI=1S/C12H16O3/c1-2-3-4-5-6-7-8-10-9-11(13)15-12(10)14/h2,6-7,10H,1,3-5,8-9H2/b7-6+. The summed E-state index contributed by atoms with van der Waals surface area (Å²) in [6.07, 6.45) is 9.80. The molecular formula is C12H16O3. The minimum atomic E-state index is -0.398. The summed E-state index contributed by atoms with van der Waals surface area (Å²) in [6, 6.07) is 0. The van der Waals surface area contributed by atoms with E-state index in [1.54, 1.807) is 0 Å². The third-order valence-corrected chi connectivity index (χ3v) is 2.33. The molecule has 0 saturated carbocycles. The van der Waals surface area contributed by atoms with Crippen molar-refractivity contribution in [1.82, 2.24) is 0 Å². The van der Waals surface area contributed by atoms with E-state index in [0.29, 0.717) is 6.42 Å². The highest BCUT2D eigenvalue weighted by Gasteiger charge is 2.31.